The van der Waals surface area contributed by atoms with Crippen molar-refractivity contribution in [3.05, 3.63) is 28.8 Å². The van der Waals surface area contributed by atoms with Gasteiger partial charge in [0.1, 0.15) is 0 Å². The summed E-state index contributed by atoms with van der Waals surface area (Å²) in [5.41, 5.74) is 7.07. The second kappa shape index (κ2) is 5.46. The molecule has 1 atom stereocenters. The van der Waals surface area contributed by atoms with Crippen LogP contribution in [0.15, 0.2) is 23.4 Å². The van der Waals surface area contributed by atoms with E-state index in [1.165, 1.54) is 0 Å². The predicted octanol–water partition coefficient (Wildman–Crippen LogP) is 1.66. The number of benzene rings is 1. The van der Waals surface area contributed by atoms with Crippen LogP contribution >= 0.6 is 11.6 Å². The minimum absolute atomic E-state index is 0.0544. The Bertz CT molecular complexity index is 465. The van der Waals surface area contributed by atoms with Gasteiger partial charge in [-0.05, 0) is 25.1 Å². The first-order valence-electron chi connectivity index (χ1n) is 5.76. The number of anilines is 1. The van der Waals surface area contributed by atoms with Crippen LogP contribution in [0.1, 0.15) is 12.5 Å². The molecule has 1 aromatic rings. The number of amidine groups is 1. The van der Waals surface area contributed by atoms with Crippen LogP contribution in [0.2, 0.25) is 5.02 Å². The number of rotatable bonds is 2. The summed E-state index contributed by atoms with van der Waals surface area (Å²) in [7, 11) is 0. The number of oxime groups is 1. The van der Waals surface area contributed by atoms with Crippen LogP contribution in [-0.2, 0) is 4.74 Å². The average Bonchev–Trinajstić information content (AvgIpc) is 2.37. The van der Waals surface area contributed by atoms with Gasteiger partial charge in [-0.3, -0.25) is 0 Å². The predicted molar refractivity (Wildman–Crippen MR) is 71.6 cm³/mol. The second-order valence-corrected chi connectivity index (χ2v) is 4.69. The van der Waals surface area contributed by atoms with Gasteiger partial charge in [-0.15, -0.1) is 0 Å². The molecular formula is C12H16ClN3O2. The standard InChI is InChI=1S/C12H16ClN3O2/c1-8-7-16(4-5-18-8)11-3-2-9(6-10(11)13)12(14)15-17/h2-3,6,8,17H,4-5,7H2,1H3,(H2,14,15). The van der Waals surface area contributed by atoms with Crippen molar-refractivity contribution in [2.75, 3.05) is 24.6 Å². The van der Waals surface area contributed by atoms with E-state index < -0.39 is 0 Å². The molecule has 0 spiro atoms. The van der Waals surface area contributed by atoms with Gasteiger partial charge in [-0.25, -0.2) is 0 Å². The first-order chi connectivity index (χ1) is 8.61. The van der Waals surface area contributed by atoms with Crippen LogP contribution in [-0.4, -0.2) is 36.8 Å². The van der Waals surface area contributed by atoms with Gasteiger partial charge < -0.3 is 20.6 Å². The maximum absolute atomic E-state index is 8.62. The zero-order valence-electron chi connectivity index (χ0n) is 10.1. The van der Waals surface area contributed by atoms with Crippen molar-refractivity contribution in [1.82, 2.24) is 0 Å². The maximum atomic E-state index is 8.62. The molecule has 3 N–H and O–H groups in total. The molecule has 0 aromatic heterocycles. The minimum Gasteiger partial charge on any atom is -0.409 e. The summed E-state index contributed by atoms with van der Waals surface area (Å²) in [5, 5.41) is 12.2. The number of nitrogens with two attached hydrogens (primary N) is 1. The van der Waals surface area contributed by atoms with E-state index in [0.29, 0.717) is 17.2 Å². The van der Waals surface area contributed by atoms with Crippen molar-refractivity contribution in [1.29, 1.82) is 0 Å². The third kappa shape index (κ3) is 2.68. The smallest absolute Gasteiger partial charge is 0.170 e. The topological polar surface area (TPSA) is 71.1 Å². The molecule has 1 unspecified atom stereocenters. The van der Waals surface area contributed by atoms with Crippen LogP contribution in [0.25, 0.3) is 0 Å². The summed E-state index contributed by atoms with van der Waals surface area (Å²) in [5.74, 6) is 0.0544. The Morgan fingerprint density at radius 2 is 2.39 bits per heavy atom. The molecule has 18 heavy (non-hydrogen) atoms. The highest BCUT2D eigenvalue weighted by atomic mass is 35.5. The average molecular weight is 270 g/mol. The molecule has 0 saturated carbocycles. The van der Waals surface area contributed by atoms with Crippen molar-refractivity contribution in [3.63, 3.8) is 0 Å². The van der Waals surface area contributed by atoms with Gasteiger partial charge in [0.15, 0.2) is 5.84 Å². The third-order valence-electron chi connectivity index (χ3n) is 2.93. The molecule has 1 saturated heterocycles. The largest absolute Gasteiger partial charge is 0.409 e. The quantitative estimate of drug-likeness (QED) is 0.371. The number of hydrogen-bond donors (Lipinski definition) is 2. The molecule has 1 aromatic carbocycles. The number of hydrogen-bond acceptors (Lipinski definition) is 4. The molecule has 0 radical (unpaired) electrons. The molecule has 1 aliphatic heterocycles. The third-order valence-corrected chi connectivity index (χ3v) is 3.24. The molecule has 5 nitrogen and oxygen atoms in total. The highest BCUT2D eigenvalue weighted by molar-refractivity contribution is 6.33. The summed E-state index contributed by atoms with van der Waals surface area (Å²) >= 11 is 6.24. The molecule has 1 aliphatic rings. The fourth-order valence-electron chi connectivity index (χ4n) is 2.02. The van der Waals surface area contributed by atoms with Crippen molar-refractivity contribution in [2.24, 2.45) is 10.9 Å². The van der Waals surface area contributed by atoms with E-state index in [4.69, 9.17) is 27.3 Å². The summed E-state index contributed by atoms with van der Waals surface area (Å²) in [6.45, 7) is 4.35. The van der Waals surface area contributed by atoms with Crippen molar-refractivity contribution >= 4 is 23.1 Å². The summed E-state index contributed by atoms with van der Waals surface area (Å²) in [6, 6.07) is 5.37. The van der Waals surface area contributed by atoms with E-state index in [2.05, 4.69) is 10.1 Å². The van der Waals surface area contributed by atoms with E-state index in [1.54, 1.807) is 12.1 Å². The lowest BCUT2D eigenvalue weighted by atomic mass is 10.1. The fraction of sp³-hybridized carbons (Fsp3) is 0.417. The Kier molecular flexibility index (Phi) is 3.93. The van der Waals surface area contributed by atoms with Crippen LogP contribution in [0.5, 0.6) is 0 Å². The van der Waals surface area contributed by atoms with E-state index in [9.17, 15) is 0 Å². The van der Waals surface area contributed by atoms with Gasteiger partial charge in [0.05, 0.1) is 23.4 Å². The molecular weight excluding hydrogens is 254 g/mol. The molecule has 0 amide bonds. The summed E-state index contributed by atoms with van der Waals surface area (Å²) in [6.07, 6.45) is 0.193. The van der Waals surface area contributed by atoms with E-state index in [1.807, 2.05) is 13.0 Å². The number of halogens is 1. The maximum Gasteiger partial charge on any atom is 0.170 e. The Morgan fingerprint density at radius 1 is 1.61 bits per heavy atom. The lowest BCUT2D eigenvalue weighted by Gasteiger charge is -2.33. The van der Waals surface area contributed by atoms with Crippen LogP contribution in [0, 0.1) is 0 Å². The molecule has 2 rings (SSSR count). The van der Waals surface area contributed by atoms with E-state index >= 15 is 0 Å². The first-order valence-corrected chi connectivity index (χ1v) is 6.13. The first kappa shape index (κ1) is 13.0. The Hall–Kier alpha value is -1.46. The zero-order chi connectivity index (χ0) is 13.1. The van der Waals surface area contributed by atoms with Crippen molar-refractivity contribution < 1.29 is 9.94 Å². The highest BCUT2D eigenvalue weighted by Gasteiger charge is 2.19. The highest BCUT2D eigenvalue weighted by Crippen LogP contribution is 2.28. The lowest BCUT2D eigenvalue weighted by Crippen LogP contribution is -2.41. The molecule has 98 valence electrons. The minimum atomic E-state index is 0.0544. The molecule has 0 bridgehead atoms. The van der Waals surface area contributed by atoms with E-state index in [-0.39, 0.29) is 11.9 Å². The second-order valence-electron chi connectivity index (χ2n) is 4.28. The Balaban J connectivity index is 2.24. The monoisotopic (exact) mass is 269 g/mol. The van der Waals surface area contributed by atoms with Gasteiger partial charge in [0.25, 0.3) is 0 Å². The van der Waals surface area contributed by atoms with Gasteiger partial charge in [-0.1, -0.05) is 16.8 Å². The summed E-state index contributed by atoms with van der Waals surface area (Å²) < 4.78 is 5.49. The van der Waals surface area contributed by atoms with Crippen molar-refractivity contribution in [2.45, 2.75) is 13.0 Å². The van der Waals surface area contributed by atoms with Gasteiger partial charge >= 0.3 is 0 Å². The molecule has 1 fully saturated rings. The number of nitrogens with zero attached hydrogens (tertiary/aromatic N) is 2. The Morgan fingerprint density at radius 3 is 3.00 bits per heavy atom. The lowest BCUT2D eigenvalue weighted by molar-refractivity contribution is 0.0532. The molecule has 0 aliphatic carbocycles. The molecule has 6 heteroatoms. The van der Waals surface area contributed by atoms with Crippen LogP contribution < -0.4 is 10.6 Å². The normalized spacial score (nSPS) is 21.1. The summed E-state index contributed by atoms with van der Waals surface area (Å²) in [4.78, 5) is 2.17. The number of ether oxygens (including phenoxy) is 1. The van der Waals surface area contributed by atoms with Crippen LogP contribution in [0.4, 0.5) is 5.69 Å². The fourth-order valence-corrected chi connectivity index (χ4v) is 2.32. The molecule has 1 heterocycles. The van der Waals surface area contributed by atoms with Crippen LogP contribution in [0.3, 0.4) is 0 Å². The SMILES string of the molecule is CC1CN(c2ccc(C(N)=NO)cc2Cl)CCO1. The van der Waals surface area contributed by atoms with Crippen molar-refractivity contribution in [3.8, 4) is 0 Å². The zero-order valence-corrected chi connectivity index (χ0v) is 10.9. The van der Waals surface area contributed by atoms with Gasteiger partial charge in [0, 0.05) is 18.7 Å². The van der Waals surface area contributed by atoms with Gasteiger partial charge in [0.2, 0.25) is 0 Å². The van der Waals surface area contributed by atoms with Gasteiger partial charge in [-0.2, -0.15) is 0 Å². The number of morpholine rings is 1. The Labute approximate surface area is 111 Å². The van der Waals surface area contributed by atoms with E-state index in [0.717, 1.165) is 18.8 Å².